The molecule has 1 saturated heterocycles. The number of nitrogens with zero attached hydrogens (tertiary/aromatic N) is 1. The molecule has 5 heteroatoms. The smallest absolute Gasteiger partial charge is 0.338 e. The summed E-state index contributed by atoms with van der Waals surface area (Å²) in [6, 6.07) is 4.87. The number of carbonyl (C=O) groups excluding carboxylic acids is 2. The second kappa shape index (κ2) is 4.44. The zero-order valence-corrected chi connectivity index (χ0v) is 11.1. The number of carboxylic acid groups (broad SMARTS) is 1. The monoisotopic (exact) mass is 273 g/mol. The largest absolute Gasteiger partial charge is 0.478 e. The van der Waals surface area contributed by atoms with E-state index in [9.17, 15) is 19.5 Å². The molecule has 2 unspecified atom stereocenters. The number of hydrogen-bond donors (Lipinski definition) is 1. The highest BCUT2D eigenvalue weighted by molar-refractivity contribution is 6.24. The van der Waals surface area contributed by atoms with Crippen LogP contribution in [-0.4, -0.2) is 22.9 Å². The Bertz CT molecular complexity index is 600. The van der Waals surface area contributed by atoms with Crippen LogP contribution in [0.25, 0.3) is 0 Å². The molecule has 2 fully saturated rings. The topological polar surface area (TPSA) is 74.7 Å². The number of hydrogen-bond acceptors (Lipinski definition) is 3. The number of aromatic carboxylic acids is 1. The number of aryl methyl sites for hydroxylation is 1. The van der Waals surface area contributed by atoms with Gasteiger partial charge in [0.1, 0.15) is 0 Å². The van der Waals surface area contributed by atoms with Crippen molar-refractivity contribution in [1.29, 1.82) is 0 Å². The number of benzene rings is 1. The molecule has 0 aromatic heterocycles. The van der Waals surface area contributed by atoms with E-state index in [2.05, 4.69) is 0 Å². The van der Waals surface area contributed by atoms with Crippen molar-refractivity contribution in [1.82, 2.24) is 0 Å². The van der Waals surface area contributed by atoms with Gasteiger partial charge in [0, 0.05) is 0 Å². The zero-order chi connectivity index (χ0) is 14.4. The van der Waals surface area contributed by atoms with Crippen LogP contribution in [0.2, 0.25) is 0 Å². The molecule has 1 aromatic carbocycles. The van der Waals surface area contributed by atoms with Crippen molar-refractivity contribution in [3.63, 3.8) is 0 Å². The second-order valence-corrected chi connectivity index (χ2v) is 5.43. The van der Waals surface area contributed by atoms with Crippen molar-refractivity contribution in [2.24, 2.45) is 11.8 Å². The maximum Gasteiger partial charge on any atom is 0.338 e. The van der Waals surface area contributed by atoms with Crippen LogP contribution in [0.3, 0.4) is 0 Å². The van der Waals surface area contributed by atoms with E-state index in [-0.39, 0.29) is 34.9 Å². The summed E-state index contributed by atoms with van der Waals surface area (Å²) in [5.41, 5.74) is 0.795. The fraction of sp³-hybridized carbons (Fsp3) is 0.400. The summed E-state index contributed by atoms with van der Waals surface area (Å²) in [6.07, 6.45) is 2.33. The van der Waals surface area contributed by atoms with Gasteiger partial charge < -0.3 is 5.11 Å². The molecule has 1 aromatic rings. The predicted octanol–water partition coefficient (Wildman–Crippen LogP) is 1.98. The molecule has 2 amide bonds. The molecule has 1 N–H and O–H groups in total. The Balaban J connectivity index is 2.11. The van der Waals surface area contributed by atoms with Crippen LogP contribution >= 0.6 is 0 Å². The number of rotatable bonds is 2. The summed E-state index contributed by atoms with van der Waals surface area (Å²) in [6.45, 7) is 1.67. The third-order valence-corrected chi connectivity index (χ3v) is 4.30. The van der Waals surface area contributed by atoms with E-state index in [4.69, 9.17) is 0 Å². The third-order valence-electron chi connectivity index (χ3n) is 4.30. The molecule has 104 valence electrons. The highest BCUT2D eigenvalue weighted by atomic mass is 16.4. The first kappa shape index (κ1) is 12.8. The maximum absolute atomic E-state index is 12.4. The first-order valence-electron chi connectivity index (χ1n) is 6.73. The van der Waals surface area contributed by atoms with Crippen molar-refractivity contribution in [2.45, 2.75) is 26.2 Å². The average Bonchev–Trinajstić information content (AvgIpc) is 2.94. The summed E-state index contributed by atoms with van der Waals surface area (Å²) < 4.78 is 0. The normalized spacial score (nSPS) is 25.1. The lowest BCUT2D eigenvalue weighted by Crippen LogP contribution is -2.33. The van der Waals surface area contributed by atoms with Crippen molar-refractivity contribution < 1.29 is 19.5 Å². The molecule has 2 aliphatic rings. The molecule has 1 aliphatic heterocycles. The number of anilines is 1. The van der Waals surface area contributed by atoms with E-state index >= 15 is 0 Å². The molecule has 20 heavy (non-hydrogen) atoms. The Morgan fingerprint density at radius 3 is 2.35 bits per heavy atom. The number of carboxylic acids is 1. The zero-order valence-electron chi connectivity index (χ0n) is 11.1. The molecule has 0 radical (unpaired) electrons. The lowest BCUT2D eigenvalue weighted by Gasteiger charge is -2.19. The minimum atomic E-state index is -1.12. The van der Waals surface area contributed by atoms with Gasteiger partial charge in [-0.15, -0.1) is 0 Å². The van der Waals surface area contributed by atoms with E-state index in [1.165, 1.54) is 6.07 Å². The van der Waals surface area contributed by atoms with Crippen molar-refractivity contribution in [3.05, 3.63) is 29.3 Å². The Labute approximate surface area is 116 Å². The van der Waals surface area contributed by atoms with Gasteiger partial charge in [0.15, 0.2) is 0 Å². The molecule has 1 saturated carbocycles. The van der Waals surface area contributed by atoms with Crippen LogP contribution in [0.1, 0.15) is 35.2 Å². The van der Waals surface area contributed by atoms with E-state index in [0.717, 1.165) is 24.2 Å². The number of fused-ring (bicyclic) bond motifs is 1. The molecule has 0 spiro atoms. The Morgan fingerprint density at radius 2 is 1.80 bits per heavy atom. The Morgan fingerprint density at radius 1 is 1.20 bits per heavy atom. The minimum Gasteiger partial charge on any atom is -0.478 e. The number of amides is 2. The first-order valence-corrected chi connectivity index (χ1v) is 6.73. The lowest BCUT2D eigenvalue weighted by atomic mass is 10.00. The van der Waals surface area contributed by atoms with Gasteiger partial charge in [-0.3, -0.25) is 9.59 Å². The summed E-state index contributed by atoms with van der Waals surface area (Å²) in [5, 5.41) is 9.33. The maximum atomic E-state index is 12.4. The Kier molecular flexibility index (Phi) is 2.85. The summed E-state index contributed by atoms with van der Waals surface area (Å²) in [7, 11) is 0. The molecule has 5 nitrogen and oxygen atoms in total. The number of carbonyl (C=O) groups is 3. The summed E-state index contributed by atoms with van der Waals surface area (Å²) in [4.78, 5) is 37.3. The first-order chi connectivity index (χ1) is 9.52. The highest BCUT2D eigenvalue weighted by Gasteiger charge is 2.50. The lowest BCUT2D eigenvalue weighted by molar-refractivity contribution is -0.122. The van der Waals surface area contributed by atoms with Gasteiger partial charge in [-0.2, -0.15) is 0 Å². The van der Waals surface area contributed by atoms with Crippen molar-refractivity contribution in [2.75, 3.05) is 4.90 Å². The van der Waals surface area contributed by atoms with E-state index in [1.807, 2.05) is 0 Å². The van der Waals surface area contributed by atoms with Crippen LogP contribution < -0.4 is 4.90 Å². The molecule has 2 atom stereocenters. The standard InChI is InChI=1S/C15H15NO4/c1-8-4-2-7-11(12(8)15(19)20)16-13(17)9-5-3-6-10(9)14(16)18/h2,4,7,9-10H,3,5-6H2,1H3,(H,19,20). The van der Waals surface area contributed by atoms with E-state index in [0.29, 0.717) is 5.56 Å². The van der Waals surface area contributed by atoms with E-state index < -0.39 is 5.97 Å². The number of imide groups is 1. The van der Waals surface area contributed by atoms with Crippen LogP contribution in [0.5, 0.6) is 0 Å². The minimum absolute atomic E-state index is 0.0363. The van der Waals surface area contributed by atoms with Crippen molar-refractivity contribution >= 4 is 23.5 Å². The molecular weight excluding hydrogens is 258 g/mol. The van der Waals surface area contributed by atoms with Crippen LogP contribution in [0.4, 0.5) is 5.69 Å². The fourth-order valence-corrected chi connectivity index (χ4v) is 3.35. The van der Waals surface area contributed by atoms with Gasteiger partial charge in [-0.05, 0) is 31.4 Å². The third kappa shape index (κ3) is 1.66. The SMILES string of the molecule is Cc1cccc(N2C(=O)C3CCCC3C2=O)c1C(=O)O. The average molecular weight is 273 g/mol. The molecule has 0 bridgehead atoms. The second-order valence-electron chi connectivity index (χ2n) is 5.43. The molecule has 3 rings (SSSR count). The van der Waals surface area contributed by atoms with Crippen LogP contribution in [0, 0.1) is 18.8 Å². The van der Waals surface area contributed by atoms with Gasteiger partial charge >= 0.3 is 5.97 Å². The summed E-state index contributed by atoms with van der Waals surface area (Å²) >= 11 is 0. The summed E-state index contributed by atoms with van der Waals surface area (Å²) in [5.74, 6) is -2.12. The fourth-order valence-electron chi connectivity index (χ4n) is 3.35. The highest BCUT2D eigenvalue weighted by Crippen LogP contribution is 2.42. The van der Waals surface area contributed by atoms with Crippen LogP contribution in [0.15, 0.2) is 18.2 Å². The van der Waals surface area contributed by atoms with Crippen LogP contribution in [-0.2, 0) is 9.59 Å². The van der Waals surface area contributed by atoms with Gasteiger partial charge in [0.2, 0.25) is 11.8 Å². The van der Waals surface area contributed by atoms with Crippen molar-refractivity contribution in [3.8, 4) is 0 Å². The molecule has 1 heterocycles. The van der Waals surface area contributed by atoms with Gasteiger partial charge in [0.25, 0.3) is 0 Å². The Hall–Kier alpha value is -2.17. The van der Waals surface area contributed by atoms with Gasteiger partial charge in [0.05, 0.1) is 23.1 Å². The van der Waals surface area contributed by atoms with Gasteiger partial charge in [-0.25, -0.2) is 9.69 Å². The molecule has 1 aliphatic carbocycles. The van der Waals surface area contributed by atoms with E-state index in [1.54, 1.807) is 19.1 Å². The molecular formula is C15H15NO4. The quantitative estimate of drug-likeness (QED) is 0.836. The predicted molar refractivity (Wildman–Crippen MR) is 71.5 cm³/mol. The van der Waals surface area contributed by atoms with Gasteiger partial charge in [-0.1, -0.05) is 18.6 Å².